The number of aromatic amines is 1. The highest BCUT2D eigenvalue weighted by molar-refractivity contribution is 5.87. The zero-order valence-electron chi connectivity index (χ0n) is 18.1. The molecule has 0 amide bonds. The number of aryl methyl sites for hydroxylation is 2. The zero-order valence-corrected chi connectivity index (χ0v) is 18.1. The number of nitrogens with zero attached hydrogens (tertiary/aromatic N) is 1. The van der Waals surface area contributed by atoms with Crippen LogP contribution >= 0.6 is 0 Å². The van der Waals surface area contributed by atoms with Crippen LogP contribution < -0.4 is 0 Å². The van der Waals surface area contributed by atoms with Gasteiger partial charge in [-0.2, -0.15) is 0 Å². The second-order valence-electron chi connectivity index (χ2n) is 8.11. The number of hydrogen-bond acceptors (Lipinski definition) is 3. The van der Waals surface area contributed by atoms with Crippen molar-refractivity contribution in [2.75, 3.05) is 20.2 Å². The molecule has 0 fully saturated rings. The Morgan fingerprint density at radius 3 is 2.93 bits per heavy atom. The first kappa shape index (κ1) is 20.4. The van der Waals surface area contributed by atoms with Crippen LogP contribution in [0.3, 0.4) is 0 Å². The number of aromatic nitrogens is 1. The lowest BCUT2D eigenvalue weighted by Gasteiger charge is -2.28. The van der Waals surface area contributed by atoms with Crippen molar-refractivity contribution in [1.29, 1.82) is 0 Å². The number of likely N-dealkylation sites (N-methyl/N-ethyl adjacent to an activating group) is 1. The fourth-order valence-electron chi connectivity index (χ4n) is 4.64. The van der Waals surface area contributed by atoms with Crippen molar-refractivity contribution in [2.24, 2.45) is 0 Å². The van der Waals surface area contributed by atoms with E-state index in [1.807, 2.05) is 6.08 Å². The van der Waals surface area contributed by atoms with Crippen LogP contribution in [0.4, 0.5) is 0 Å². The molecule has 156 valence electrons. The lowest BCUT2D eigenvalue weighted by Crippen LogP contribution is -2.29. The van der Waals surface area contributed by atoms with Gasteiger partial charge in [0, 0.05) is 35.8 Å². The molecule has 1 atom stereocenters. The van der Waals surface area contributed by atoms with Gasteiger partial charge in [-0.15, -0.1) is 0 Å². The molecule has 3 aromatic rings. The van der Waals surface area contributed by atoms with Crippen molar-refractivity contribution in [3.05, 3.63) is 76.5 Å². The summed E-state index contributed by atoms with van der Waals surface area (Å²) < 4.78 is 4.68. The minimum absolute atomic E-state index is 0.321. The smallest absolute Gasteiger partial charge is 0.330 e. The average molecular weight is 403 g/mol. The van der Waals surface area contributed by atoms with Gasteiger partial charge in [0.1, 0.15) is 0 Å². The Balaban J connectivity index is 1.47. The minimum Gasteiger partial charge on any atom is -0.466 e. The van der Waals surface area contributed by atoms with E-state index in [2.05, 4.69) is 71.1 Å². The zero-order chi connectivity index (χ0) is 21.1. The standard InChI is InChI=1S/C26H30N2O2/c1-4-28(14-13-21-17-27-24-15-18(2)5-9-22(21)24)25-11-8-20-16-19(6-10-23(20)25)7-12-26(29)30-3/h5-7,9-10,12,15-17,25,27H,4,8,11,13-14H2,1-3H3. The molecule has 2 aromatic carbocycles. The summed E-state index contributed by atoms with van der Waals surface area (Å²) in [6.07, 6.45) is 8.76. The van der Waals surface area contributed by atoms with E-state index in [0.29, 0.717) is 6.04 Å². The van der Waals surface area contributed by atoms with Crippen molar-refractivity contribution in [3.63, 3.8) is 0 Å². The first-order chi connectivity index (χ1) is 14.6. The number of benzene rings is 2. The van der Waals surface area contributed by atoms with Crippen LogP contribution in [0.1, 0.15) is 47.2 Å². The Hall–Kier alpha value is -2.85. The van der Waals surface area contributed by atoms with Gasteiger partial charge < -0.3 is 9.72 Å². The first-order valence-electron chi connectivity index (χ1n) is 10.8. The van der Waals surface area contributed by atoms with Gasteiger partial charge in [0.05, 0.1) is 7.11 Å². The summed E-state index contributed by atoms with van der Waals surface area (Å²) in [6, 6.07) is 13.7. The van der Waals surface area contributed by atoms with Crippen molar-refractivity contribution >= 4 is 22.9 Å². The van der Waals surface area contributed by atoms with Gasteiger partial charge in [-0.3, -0.25) is 4.90 Å². The van der Waals surface area contributed by atoms with Crippen LogP contribution in [0.25, 0.3) is 17.0 Å². The van der Waals surface area contributed by atoms with Gasteiger partial charge in [0.15, 0.2) is 0 Å². The van der Waals surface area contributed by atoms with Gasteiger partial charge in [0.25, 0.3) is 0 Å². The van der Waals surface area contributed by atoms with Crippen molar-refractivity contribution in [2.45, 2.75) is 39.2 Å². The Morgan fingerprint density at radius 2 is 2.13 bits per heavy atom. The lowest BCUT2D eigenvalue weighted by molar-refractivity contribution is -0.134. The number of fused-ring (bicyclic) bond motifs is 2. The summed E-state index contributed by atoms with van der Waals surface area (Å²) in [6.45, 7) is 6.47. The number of rotatable bonds is 7. The summed E-state index contributed by atoms with van der Waals surface area (Å²) in [5.41, 5.74) is 7.79. The molecule has 1 aliphatic carbocycles. The molecule has 4 nitrogen and oxygen atoms in total. The molecule has 30 heavy (non-hydrogen) atoms. The monoisotopic (exact) mass is 402 g/mol. The molecule has 0 spiro atoms. The number of ether oxygens (including phenoxy) is 1. The molecule has 4 rings (SSSR count). The Labute approximate surface area is 178 Å². The summed E-state index contributed by atoms with van der Waals surface area (Å²) in [4.78, 5) is 17.4. The van der Waals surface area contributed by atoms with Crippen LogP contribution in [0.5, 0.6) is 0 Å². The normalized spacial score (nSPS) is 15.9. The number of H-pyrrole nitrogens is 1. The molecule has 0 saturated heterocycles. The molecule has 0 bridgehead atoms. The SMILES string of the molecule is CCN(CCc1c[nH]c2cc(C)ccc12)C1CCc2cc(C=CC(=O)OC)ccc21. The number of carbonyl (C=O) groups excluding carboxylic acids is 1. The maximum atomic E-state index is 11.3. The molecule has 1 heterocycles. The van der Waals surface area contributed by atoms with Gasteiger partial charge in [-0.1, -0.05) is 37.3 Å². The second-order valence-corrected chi connectivity index (χ2v) is 8.11. The third kappa shape index (κ3) is 4.19. The fraction of sp³-hybridized carbons (Fsp3) is 0.346. The van der Waals surface area contributed by atoms with Gasteiger partial charge >= 0.3 is 5.97 Å². The Kier molecular flexibility index (Phi) is 6.05. The van der Waals surface area contributed by atoms with E-state index in [4.69, 9.17) is 0 Å². The van der Waals surface area contributed by atoms with Crippen molar-refractivity contribution in [1.82, 2.24) is 9.88 Å². The van der Waals surface area contributed by atoms with E-state index in [1.165, 1.54) is 46.3 Å². The highest BCUT2D eigenvalue weighted by Crippen LogP contribution is 2.36. The van der Waals surface area contributed by atoms with E-state index >= 15 is 0 Å². The number of nitrogens with one attached hydrogen (secondary N) is 1. The maximum absolute atomic E-state index is 11.3. The molecular weight excluding hydrogens is 372 g/mol. The van der Waals surface area contributed by atoms with Crippen molar-refractivity contribution < 1.29 is 9.53 Å². The van der Waals surface area contributed by atoms with E-state index < -0.39 is 0 Å². The number of esters is 1. The molecule has 1 unspecified atom stereocenters. The Bertz CT molecular complexity index is 1080. The van der Waals surface area contributed by atoms with Gasteiger partial charge in [0.2, 0.25) is 0 Å². The second kappa shape index (κ2) is 8.88. The van der Waals surface area contributed by atoms with Crippen LogP contribution in [0.15, 0.2) is 48.7 Å². The molecule has 1 aromatic heterocycles. The molecule has 1 aliphatic rings. The van der Waals surface area contributed by atoms with Gasteiger partial charge in [-0.05, 0) is 72.7 Å². The van der Waals surface area contributed by atoms with Gasteiger partial charge in [-0.25, -0.2) is 4.79 Å². The highest BCUT2D eigenvalue weighted by atomic mass is 16.5. The summed E-state index contributed by atoms with van der Waals surface area (Å²) in [7, 11) is 1.40. The van der Waals surface area contributed by atoms with Crippen molar-refractivity contribution in [3.8, 4) is 0 Å². The average Bonchev–Trinajstić information content (AvgIpc) is 3.36. The van der Waals surface area contributed by atoms with E-state index in [9.17, 15) is 4.79 Å². The maximum Gasteiger partial charge on any atom is 0.330 e. The quantitative estimate of drug-likeness (QED) is 0.436. The minimum atomic E-state index is -0.321. The van der Waals surface area contributed by atoms with Crippen LogP contribution in [-0.4, -0.2) is 36.1 Å². The molecule has 1 N–H and O–H groups in total. The molecule has 4 heteroatoms. The molecule has 0 radical (unpaired) electrons. The lowest BCUT2D eigenvalue weighted by atomic mass is 10.0. The first-order valence-corrected chi connectivity index (χ1v) is 10.8. The van der Waals surface area contributed by atoms with Crippen LogP contribution in [-0.2, 0) is 22.4 Å². The summed E-state index contributed by atoms with van der Waals surface area (Å²) in [5, 5.41) is 1.34. The third-order valence-electron chi connectivity index (χ3n) is 6.26. The third-order valence-corrected chi connectivity index (χ3v) is 6.26. The number of methoxy groups -OCH3 is 1. The largest absolute Gasteiger partial charge is 0.466 e. The van der Waals surface area contributed by atoms with E-state index in [-0.39, 0.29) is 5.97 Å². The molecule has 0 saturated carbocycles. The van der Waals surface area contributed by atoms with Crippen LogP contribution in [0, 0.1) is 6.92 Å². The number of hydrogen-bond donors (Lipinski definition) is 1. The highest BCUT2D eigenvalue weighted by Gasteiger charge is 2.27. The van der Waals surface area contributed by atoms with E-state index in [0.717, 1.165) is 37.9 Å². The predicted molar refractivity (Wildman–Crippen MR) is 123 cm³/mol. The topological polar surface area (TPSA) is 45.3 Å². The molecular formula is C26H30N2O2. The summed E-state index contributed by atoms with van der Waals surface area (Å²) in [5.74, 6) is -0.321. The Morgan fingerprint density at radius 1 is 1.27 bits per heavy atom. The predicted octanol–water partition coefficient (Wildman–Crippen LogP) is 5.21. The summed E-state index contributed by atoms with van der Waals surface area (Å²) >= 11 is 0. The molecule has 0 aliphatic heterocycles. The number of carbonyl (C=O) groups is 1. The van der Waals surface area contributed by atoms with E-state index in [1.54, 1.807) is 0 Å². The fourth-order valence-corrected chi connectivity index (χ4v) is 4.64. The van der Waals surface area contributed by atoms with Crippen LogP contribution in [0.2, 0.25) is 0 Å².